The highest BCUT2D eigenvalue weighted by Gasteiger charge is 2.17. The van der Waals surface area contributed by atoms with E-state index in [1.54, 1.807) is 6.41 Å². The summed E-state index contributed by atoms with van der Waals surface area (Å²) in [5, 5.41) is 2.40. The van der Waals surface area contributed by atoms with E-state index in [0.29, 0.717) is 0 Å². The molecule has 0 aliphatic rings. The first-order valence-electron chi connectivity index (χ1n) is 2.14. The zero-order chi connectivity index (χ0) is 6.62. The van der Waals surface area contributed by atoms with Crippen LogP contribution in [0.3, 0.4) is 0 Å². The first kappa shape index (κ1) is 8.43. The molecular formula is C4H6Br2NO. The number of amides is 1. The molecule has 0 atom stereocenters. The van der Waals surface area contributed by atoms with Crippen molar-refractivity contribution in [3.05, 3.63) is 0 Å². The first-order chi connectivity index (χ1) is 3.62. The molecule has 0 aromatic rings. The van der Waals surface area contributed by atoms with Crippen LogP contribution < -0.4 is 5.32 Å². The monoisotopic (exact) mass is 242 g/mol. The minimum Gasteiger partial charge on any atom is -0.324 e. The zero-order valence-electron chi connectivity index (χ0n) is 4.37. The number of rotatable bonds is 3. The maximum atomic E-state index is 9.68. The zero-order valence-corrected chi connectivity index (χ0v) is 7.54. The fraction of sp³-hybridized carbons (Fsp3) is 0.750. The minimum atomic E-state index is -0.457. The van der Waals surface area contributed by atoms with E-state index in [2.05, 4.69) is 37.2 Å². The van der Waals surface area contributed by atoms with Crippen molar-refractivity contribution in [3.63, 3.8) is 0 Å². The van der Waals surface area contributed by atoms with Gasteiger partial charge in [-0.05, 0) is 38.3 Å². The number of nitrogens with one attached hydrogen (secondary N) is 1. The lowest BCUT2D eigenvalue weighted by molar-refractivity contribution is 0.535. The lowest BCUT2D eigenvalue weighted by Gasteiger charge is -2.14. The molecule has 0 rings (SSSR count). The van der Waals surface area contributed by atoms with E-state index >= 15 is 0 Å². The molecule has 0 saturated heterocycles. The van der Waals surface area contributed by atoms with Gasteiger partial charge in [0.05, 0.1) is 0 Å². The van der Waals surface area contributed by atoms with Gasteiger partial charge >= 0.3 is 6.41 Å². The third kappa shape index (κ3) is 3.43. The molecule has 0 aliphatic heterocycles. The largest absolute Gasteiger partial charge is 0.324 e. The van der Waals surface area contributed by atoms with Gasteiger partial charge in [-0.15, -0.1) is 0 Å². The van der Waals surface area contributed by atoms with E-state index in [1.165, 1.54) is 0 Å². The summed E-state index contributed by atoms with van der Waals surface area (Å²) in [5.74, 6) is 0. The minimum absolute atomic E-state index is 0.457. The fourth-order valence-corrected chi connectivity index (χ4v) is 0.325. The van der Waals surface area contributed by atoms with Gasteiger partial charge in [-0.1, -0.05) is 6.92 Å². The van der Waals surface area contributed by atoms with Crippen molar-refractivity contribution in [1.29, 1.82) is 0 Å². The van der Waals surface area contributed by atoms with Crippen LogP contribution in [-0.2, 0) is 4.79 Å². The average molecular weight is 244 g/mol. The summed E-state index contributed by atoms with van der Waals surface area (Å²) in [4.78, 5) is 9.68. The molecule has 0 aliphatic carbocycles. The molecule has 0 aromatic carbocycles. The quantitative estimate of drug-likeness (QED) is 0.455. The summed E-state index contributed by atoms with van der Waals surface area (Å²) in [6.45, 7) is 1.92. The molecule has 1 amide bonds. The molecule has 47 valence electrons. The SMILES string of the molecule is CCC(Br)(Br)N[C]=O. The van der Waals surface area contributed by atoms with Crippen molar-refractivity contribution in [2.24, 2.45) is 0 Å². The second-order valence-electron chi connectivity index (χ2n) is 1.29. The third-order valence-corrected chi connectivity index (χ3v) is 2.20. The molecule has 0 spiro atoms. The van der Waals surface area contributed by atoms with Crippen molar-refractivity contribution < 1.29 is 4.79 Å². The Balaban J connectivity index is 3.53. The number of halogens is 2. The van der Waals surface area contributed by atoms with Gasteiger partial charge in [0, 0.05) is 0 Å². The Kier molecular flexibility index (Phi) is 3.64. The third-order valence-electron chi connectivity index (χ3n) is 0.678. The lowest BCUT2D eigenvalue weighted by atomic mass is 10.5. The normalized spacial score (nSPS) is 10.9. The van der Waals surface area contributed by atoms with Crippen molar-refractivity contribution in [3.8, 4) is 0 Å². The Hall–Kier alpha value is 0.430. The first-order valence-corrected chi connectivity index (χ1v) is 3.73. The van der Waals surface area contributed by atoms with Crippen molar-refractivity contribution >= 4 is 38.3 Å². The number of carbonyl (C=O) groups excluding carboxylic acids is 1. The van der Waals surface area contributed by atoms with Crippen LogP contribution in [0.25, 0.3) is 0 Å². The van der Waals surface area contributed by atoms with Gasteiger partial charge < -0.3 is 5.32 Å². The topological polar surface area (TPSA) is 29.1 Å². The van der Waals surface area contributed by atoms with Gasteiger partial charge in [-0.2, -0.15) is 0 Å². The van der Waals surface area contributed by atoms with Crippen LogP contribution in [0.1, 0.15) is 13.3 Å². The smallest absolute Gasteiger partial charge is 0.311 e. The summed E-state index contributed by atoms with van der Waals surface area (Å²) >= 11 is 6.37. The highest BCUT2D eigenvalue weighted by Crippen LogP contribution is 2.24. The lowest BCUT2D eigenvalue weighted by Crippen LogP contribution is -2.30. The van der Waals surface area contributed by atoms with E-state index in [1.807, 2.05) is 6.92 Å². The molecular weight excluding hydrogens is 238 g/mol. The molecule has 0 saturated carbocycles. The standard InChI is InChI=1S/C4H6Br2NO/c1-2-4(5,6)7-3-8/h2H2,1H3,(H,7,8). The molecule has 2 nitrogen and oxygen atoms in total. The summed E-state index contributed by atoms with van der Waals surface area (Å²) in [5.41, 5.74) is 0. The van der Waals surface area contributed by atoms with Crippen molar-refractivity contribution in [2.75, 3.05) is 0 Å². The summed E-state index contributed by atoms with van der Waals surface area (Å²) < 4.78 is -0.457. The van der Waals surface area contributed by atoms with Crippen LogP contribution in [0.5, 0.6) is 0 Å². The Morgan fingerprint density at radius 3 is 2.38 bits per heavy atom. The average Bonchev–Trinajstić information content (AvgIpc) is 1.67. The fourth-order valence-electron chi connectivity index (χ4n) is 0.163. The van der Waals surface area contributed by atoms with E-state index in [4.69, 9.17) is 0 Å². The van der Waals surface area contributed by atoms with Crippen LogP contribution in [0, 0.1) is 0 Å². The Bertz CT molecular complexity index is 84.1. The molecule has 0 bridgehead atoms. The van der Waals surface area contributed by atoms with E-state index < -0.39 is 3.36 Å². The van der Waals surface area contributed by atoms with E-state index in [-0.39, 0.29) is 0 Å². The highest BCUT2D eigenvalue weighted by atomic mass is 79.9. The molecule has 0 fully saturated rings. The maximum absolute atomic E-state index is 9.68. The molecule has 0 unspecified atom stereocenters. The van der Waals surface area contributed by atoms with Gasteiger partial charge in [0.15, 0.2) is 3.36 Å². The second kappa shape index (κ2) is 3.45. The number of alkyl halides is 2. The molecule has 1 radical (unpaired) electrons. The molecule has 4 heteroatoms. The van der Waals surface area contributed by atoms with E-state index in [9.17, 15) is 4.79 Å². The second-order valence-corrected chi connectivity index (χ2v) is 5.06. The van der Waals surface area contributed by atoms with Crippen LogP contribution in [-0.4, -0.2) is 9.77 Å². The van der Waals surface area contributed by atoms with Gasteiger partial charge in [-0.3, -0.25) is 4.79 Å². The Morgan fingerprint density at radius 1 is 1.75 bits per heavy atom. The summed E-state index contributed by atoms with van der Waals surface area (Å²) in [6, 6.07) is 0. The molecule has 8 heavy (non-hydrogen) atoms. The van der Waals surface area contributed by atoms with Gasteiger partial charge in [0.1, 0.15) is 0 Å². The van der Waals surface area contributed by atoms with Crippen LogP contribution in [0.15, 0.2) is 0 Å². The van der Waals surface area contributed by atoms with Gasteiger partial charge in [0.25, 0.3) is 0 Å². The maximum Gasteiger partial charge on any atom is 0.311 e. The van der Waals surface area contributed by atoms with Crippen LogP contribution in [0.4, 0.5) is 0 Å². The number of hydrogen-bond donors (Lipinski definition) is 1. The molecule has 1 N–H and O–H groups in total. The van der Waals surface area contributed by atoms with E-state index in [0.717, 1.165) is 6.42 Å². The van der Waals surface area contributed by atoms with Crippen LogP contribution in [0.2, 0.25) is 0 Å². The Morgan fingerprint density at radius 2 is 2.25 bits per heavy atom. The number of hydrogen-bond acceptors (Lipinski definition) is 1. The highest BCUT2D eigenvalue weighted by molar-refractivity contribution is 9.25. The predicted octanol–water partition coefficient (Wildman–Crippen LogP) is 1.50. The summed E-state index contributed by atoms with van der Waals surface area (Å²) in [6.07, 6.45) is 2.33. The summed E-state index contributed by atoms with van der Waals surface area (Å²) in [7, 11) is 0. The predicted molar refractivity (Wildman–Crippen MR) is 39.7 cm³/mol. The Labute approximate surface area is 65.3 Å². The molecule has 0 heterocycles. The molecule has 0 aromatic heterocycles. The van der Waals surface area contributed by atoms with Gasteiger partial charge in [0.2, 0.25) is 0 Å². The van der Waals surface area contributed by atoms with Gasteiger partial charge in [-0.25, -0.2) is 0 Å². The van der Waals surface area contributed by atoms with Crippen LogP contribution >= 0.6 is 31.9 Å². The van der Waals surface area contributed by atoms with Crippen molar-refractivity contribution in [1.82, 2.24) is 5.32 Å². The van der Waals surface area contributed by atoms with Crippen molar-refractivity contribution in [2.45, 2.75) is 16.7 Å².